The Hall–Kier alpha value is -3.60. The lowest BCUT2D eigenvalue weighted by Gasteiger charge is -2.30. The van der Waals surface area contributed by atoms with Crippen LogP contribution in [0.4, 0.5) is 5.69 Å². The third-order valence-electron chi connectivity index (χ3n) is 6.57. The van der Waals surface area contributed by atoms with Gasteiger partial charge in [-0.15, -0.1) is 12.4 Å². The largest absolute Gasteiger partial charge is 0.477 e. The first-order valence-corrected chi connectivity index (χ1v) is 13.3. The van der Waals surface area contributed by atoms with Crippen LogP contribution in [0.3, 0.4) is 0 Å². The molecule has 2 aromatic heterocycles. The fourth-order valence-corrected chi connectivity index (χ4v) is 6.09. The van der Waals surface area contributed by atoms with E-state index in [1.54, 1.807) is 49.6 Å². The van der Waals surface area contributed by atoms with E-state index in [9.17, 15) is 18.0 Å². The third kappa shape index (κ3) is 4.38. The minimum Gasteiger partial charge on any atom is -0.477 e. The summed E-state index contributed by atoms with van der Waals surface area (Å²) in [4.78, 5) is 26.0. The number of aryl methyl sites for hydroxylation is 2. The van der Waals surface area contributed by atoms with Crippen molar-refractivity contribution in [2.75, 3.05) is 5.32 Å². The van der Waals surface area contributed by atoms with Crippen molar-refractivity contribution in [3.63, 3.8) is 0 Å². The van der Waals surface area contributed by atoms with Crippen LogP contribution >= 0.6 is 12.4 Å². The number of nitrogens with two attached hydrogens (primary N) is 1. The number of amides is 1. The van der Waals surface area contributed by atoms with Gasteiger partial charge in [0.1, 0.15) is 5.52 Å². The van der Waals surface area contributed by atoms with Gasteiger partial charge in [0.15, 0.2) is 11.9 Å². The van der Waals surface area contributed by atoms with E-state index in [1.165, 1.54) is 16.7 Å². The third-order valence-corrected chi connectivity index (χ3v) is 8.30. The van der Waals surface area contributed by atoms with Crippen molar-refractivity contribution in [1.82, 2.24) is 8.54 Å². The van der Waals surface area contributed by atoms with Crippen LogP contribution < -0.4 is 21.3 Å². The van der Waals surface area contributed by atoms with E-state index in [-0.39, 0.29) is 46.9 Å². The molecule has 4 aromatic rings. The van der Waals surface area contributed by atoms with Crippen molar-refractivity contribution >= 4 is 44.9 Å². The second kappa shape index (κ2) is 9.94. The number of rotatable bonds is 5. The Morgan fingerprint density at radius 2 is 1.76 bits per heavy atom. The van der Waals surface area contributed by atoms with E-state index < -0.39 is 21.7 Å². The van der Waals surface area contributed by atoms with Gasteiger partial charge in [-0.25, -0.2) is 12.4 Å². The van der Waals surface area contributed by atoms with Crippen LogP contribution in [0.5, 0.6) is 5.75 Å². The quantitative estimate of drug-likeness (QED) is 0.385. The number of anilines is 1. The van der Waals surface area contributed by atoms with Crippen molar-refractivity contribution in [2.24, 2.45) is 18.7 Å². The molecular formula is C27H29ClN4O5S. The fourth-order valence-electron chi connectivity index (χ4n) is 4.57. The molecule has 0 aliphatic carbocycles. The molecule has 1 unspecified atom stereocenters. The van der Waals surface area contributed by atoms with Crippen LogP contribution in [0, 0.1) is 12.8 Å². The number of hydrogen-bond donors (Lipinski definition) is 2. The van der Waals surface area contributed by atoms with Gasteiger partial charge in [-0.2, -0.15) is 0 Å². The van der Waals surface area contributed by atoms with Crippen LogP contribution in [-0.4, -0.2) is 29.0 Å². The number of nitrogens with zero attached hydrogens (tertiary/aromatic N) is 2. The van der Waals surface area contributed by atoms with Crippen molar-refractivity contribution in [1.29, 1.82) is 0 Å². The molecule has 3 N–H and O–H groups in total. The lowest BCUT2D eigenvalue weighted by molar-refractivity contribution is -0.125. The van der Waals surface area contributed by atoms with Gasteiger partial charge in [0.25, 0.3) is 21.5 Å². The Balaban J connectivity index is 0.00000336. The molecule has 1 atom stereocenters. The van der Waals surface area contributed by atoms with Crippen molar-refractivity contribution in [3.05, 3.63) is 76.2 Å². The Bertz CT molecular complexity index is 1720. The van der Waals surface area contributed by atoms with Crippen molar-refractivity contribution < 1.29 is 17.9 Å². The summed E-state index contributed by atoms with van der Waals surface area (Å²) in [6.07, 6.45) is 0.823. The molecule has 5 rings (SSSR count). The second-order valence-electron chi connectivity index (χ2n) is 9.64. The minimum absolute atomic E-state index is 0. The molecule has 1 aliphatic heterocycles. The number of carbonyl (C=O) groups excluding carboxylic acids is 1. The molecule has 3 heterocycles. The number of benzene rings is 2. The number of aromatic nitrogens is 2. The summed E-state index contributed by atoms with van der Waals surface area (Å²) in [5.74, 6) is -0.0931. The van der Waals surface area contributed by atoms with Crippen LogP contribution in [0.15, 0.2) is 64.4 Å². The Morgan fingerprint density at radius 1 is 1.08 bits per heavy atom. The summed E-state index contributed by atoms with van der Waals surface area (Å²) < 4.78 is 36.8. The van der Waals surface area contributed by atoms with Crippen LogP contribution in [0.1, 0.15) is 25.0 Å². The Morgan fingerprint density at radius 3 is 2.39 bits per heavy atom. The molecule has 11 heteroatoms. The second-order valence-corrected chi connectivity index (χ2v) is 11.4. The van der Waals surface area contributed by atoms with Gasteiger partial charge in [0.2, 0.25) is 0 Å². The molecule has 38 heavy (non-hydrogen) atoms. The first-order valence-electron chi connectivity index (χ1n) is 11.9. The zero-order valence-electron chi connectivity index (χ0n) is 21.4. The van der Waals surface area contributed by atoms with Gasteiger partial charge >= 0.3 is 0 Å². The van der Waals surface area contributed by atoms with Crippen molar-refractivity contribution in [3.8, 4) is 17.0 Å². The maximum Gasteiger partial charge on any atom is 0.275 e. The van der Waals surface area contributed by atoms with Crippen LogP contribution in [-0.2, 0) is 28.4 Å². The zero-order chi connectivity index (χ0) is 26.6. The zero-order valence-corrected chi connectivity index (χ0v) is 23.0. The highest BCUT2D eigenvalue weighted by Crippen LogP contribution is 2.44. The highest BCUT2D eigenvalue weighted by atomic mass is 35.5. The summed E-state index contributed by atoms with van der Waals surface area (Å²) in [6.45, 7) is 5.75. The average Bonchev–Trinajstić information content (AvgIpc) is 3.26. The standard InChI is InChI=1S/C27H28N4O5S.ClH/c1-15(2)24-26(32)29-21-12-17(14-28)11-20(25(21)36-24)22-13-18-9-10-30(4)27(33)23(18)31(22)37(34,35)19-7-5-16(3)6-8-19;/h5-13,15,24H,14,28H2,1-4H3,(H,29,32);1H. The predicted molar refractivity (Wildman–Crippen MR) is 149 cm³/mol. The van der Waals surface area contributed by atoms with E-state index in [1.807, 2.05) is 20.8 Å². The molecule has 1 amide bonds. The summed E-state index contributed by atoms with van der Waals surface area (Å²) in [5, 5.41) is 3.34. The number of carbonyl (C=O) groups is 1. The Kier molecular flexibility index (Phi) is 7.17. The van der Waals surface area contributed by atoms with Gasteiger partial charge in [-0.3, -0.25) is 9.59 Å². The van der Waals surface area contributed by atoms with Crippen LogP contribution in [0.25, 0.3) is 22.2 Å². The normalized spacial score (nSPS) is 15.1. The lowest BCUT2D eigenvalue weighted by Crippen LogP contribution is -2.40. The van der Waals surface area contributed by atoms with E-state index >= 15 is 0 Å². The smallest absolute Gasteiger partial charge is 0.275 e. The van der Waals surface area contributed by atoms with E-state index in [0.29, 0.717) is 28.0 Å². The summed E-state index contributed by atoms with van der Waals surface area (Å²) in [5.41, 5.74) is 8.14. The van der Waals surface area contributed by atoms with Gasteiger partial charge in [-0.1, -0.05) is 31.5 Å². The summed E-state index contributed by atoms with van der Waals surface area (Å²) >= 11 is 0. The molecule has 1 aliphatic rings. The molecule has 0 bridgehead atoms. The SMILES string of the molecule is Cc1ccc(S(=O)(=O)n2c(-c3cc(CN)cc4c3OC(C(C)C)C(=O)N4)cc3ccn(C)c(=O)c32)cc1.Cl. The van der Waals surface area contributed by atoms with Gasteiger partial charge in [0, 0.05) is 30.7 Å². The number of halogens is 1. The highest BCUT2D eigenvalue weighted by Gasteiger charge is 2.34. The molecule has 0 spiro atoms. The van der Waals surface area contributed by atoms with Crippen LogP contribution in [0.2, 0.25) is 0 Å². The number of ether oxygens (including phenoxy) is 1. The molecule has 0 saturated carbocycles. The molecule has 2 aromatic carbocycles. The van der Waals surface area contributed by atoms with E-state index in [4.69, 9.17) is 10.5 Å². The van der Waals surface area contributed by atoms with Gasteiger partial charge < -0.3 is 20.4 Å². The maximum absolute atomic E-state index is 14.1. The number of nitrogens with one attached hydrogen (secondary N) is 1. The van der Waals surface area contributed by atoms with Crippen molar-refractivity contribution in [2.45, 2.75) is 38.3 Å². The number of hydrogen-bond acceptors (Lipinski definition) is 6. The highest BCUT2D eigenvalue weighted by molar-refractivity contribution is 7.90. The summed E-state index contributed by atoms with van der Waals surface area (Å²) in [6, 6.07) is 13.3. The predicted octanol–water partition coefficient (Wildman–Crippen LogP) is 3.79. The van der Waals surface area contributed by atoms with Gasteiger partial charge in [0.05, 0.1) is 16.3 Å². The molecule has 200 valence electrons. The minimum atomic E-state index is -4.21. The Labute approximate surface area is 226 Å². The lowest BCUT2D eigenvalue weighted by atomic mass is 10.00. The first-order chi connectivity index (χ1) is 17.5. The summed E-state index contributed by atoms with van der Waals surface area (Å²) in [7, 11) is -2.65. The topological polar surface area (TPSA) is 125 Å². The molecule has 0 radical (unpaired) electrons. The first kappa shape index (κ1) is 27.4. The van der Waals surface area contributed by atoms with E-state index in [2.05, 4.69) is 5.32 Å². The number of pyridine rings is 1. The molecule has 9 nitrogen and oxygen atoms in total. The monoisotopic (exact) mass is 556 g/mol. The fraction of sp³-hybridized carbons (Fsp3) is 0.259. The molecule has 0 fully saturated rings. The molecule has 0 saturated heterocycles. The average molecular weight is 557 g/mol. The number of fused-ring (bicyclic) bond motifs is 2. The maximum atomic E-state index is 14.1. The van der Waals surface area contributed by atoms with E-state index in [0.717, 1.165) is 9.54 Å². The van der Waals surface area contributed by atoms with Gasteiger partial charge in [-0.05, 0) is 54.8 Å². The molecular weight excluding hydrogens is 528 g/mol.